The van der Waals surface area contributed by atoms with Crippen molar-refractivity contribution in [2.45, 2.75) is 0 Å². The van der Waals surface area contributed by atoms with Crippen LogP contribution in [0.3, 0.4) is 0 Å². The lowest BCUT2D eigenvalue weighted by atomic mass is 10.1. The molecule has 12 heteroatoms. The molecule has 1 heterocycles. The number of halogens is 2. The number of H-pyrrole nitrogens is 1. The van der Waals surface area contributed by atoms with Crippen LogP contribution in [0.1, 0.15) is 0 Å². The third-order valence-electron chi connectivity index (χ3n) is 3.64. The predicted molar refractivity (Wildman–Crippen MR) is 110 cm³/mol. The highest BCUT2D eigenvalue weighted by Crippen LogP contribution is 2.35. The molecular formula is C16H10Cl2N6O3S. The second-order valence-corrected chi connectivity index (χ2v) is 6.62. The van der Waals surface area contributed by atoms with Gasteiger partial charge in [-0.25, -0.2) is 0 Å². The summed E-state index contributed by atoms with van der Waals surface area (Å²) in [5, 5.41) is 21.8. The summed E-state index contributed by atoms with van der Waals surface area (Å²) in [7, 11) is 0. The molecule has 3 aromatic rings. The minimum absolute atomic E-state index is 0.106. The van der Waals surface area contributed by atoms with E-state index in [0.29, 0.717) is 5.56 Å². The van der Waals surface area contributed by atoms with Crippen molar-refractivity contribution in [3.05, 3.63) is 73.0 Å². The second kappa shape index (κ2) is 7.89. The van der Waals surface area contributed by atoms with Crippen LogP contribution >= 0.6 is 35.4 Å². The van der Waals surface area contributed by atoms with Gasteiger partial charge in [0.1, 0.15) is 5.69 Å². The van der Waals surface area contributed by atoms with Crippen molar-refractivity contribution in [3.8, 4) is 11.3 Å². The van der Waals surface area contributed by atoms with Gasteiger partial charge in [0, 0.05) is 17.7 Å². The molecule has 1 aromatic heterocycles. The van der Waals surface area contributed by atoms with Crippen LogP contribution in [0, 0.1) is 10.1 Å². The summed E-state index contributed by atoms with van der Waals surface area (Å²) in [6.45, 7) is 0. The number of nitrogens with one attached hydrogen (secondary N) is 1. The van der Waals surface area contributed by atoms with Crippen LogP contribution in [-0.4, -0.2) is 19.8 Å². The van der Waals surface area contributed by atoms with Gasteiger partial charge in [-0.3, -0.25) is 20.0 Å². The minimum Gasteiger partial charge on any atom is -0.374 e. The monoisotopic (exact) mass is 436 g/mol. The number of nitrogens with two attached hydrogens (primary N) is 1. The second-order valence-electron chi connectivity index (χ2n) is 5.39. The summed E-state index contributed by atoms with van der Waals surface area (Å²) >= 11 is 17.0. The lowest BCUT2D eigenvalue weighted by Crippen LogP contribution is -2.29. The predicted octanol–water partition coefficient (Wildman–Crippen LogP) is 4.57. The molecule has 0 aliphatic heterocycles. The number of non-ortho nitro benzene ring substituents is 1. The molecule has 0 fully saturated rings. The molecule has 0 saturated heterocycles. The number of aromatic nitrogens is 2. The number of nitro benzene ring substituents is 1. The van der Waals surface area contributed by atoms with Crippen LogP contribution in [0.5, 0.6) is 0 Å². The zero-order valence-corrected chi connectivity index (χ0v) is 16.1. The number of azo groups is 1. The van der Waals surface area contributed by atoms with E-state index < -0.39 is 10.5 Å². The van der Waals surface area contributed by atoms with Crippen molar-refractivity contribution >= 4 is 57.6 Å². The maximum absolute atomic E-state index is 12.6. The molecule has 9 nitrogen and oxygen atoms in total. The Morgan fingerprint density at radius 3 is 2.21 bits per heavy atom. The Balaban J connectivity index is 2.15. The van der Waals surface area contributed by atoms with E-state index >= 15 is 0 Å². The SMILES string of the molecule is NC(=S)n1[nH]c(-c2ccc([N+](=O)[O-])cc2)c(N=Nc2c(Cl)cccc2Cl)c1=O. The average Bonchev–Trinajstić information content (AvgIpc) is 2.98. The fraction of sp³-hybridized carbons (Fsp3) is 0. The Morgan fingerprint density at radius 2 is 1.68 bits per heavy atom. The topological polar surface area (TPSA) is 132 Å². The fourth-order valence-corrected chi connectivity index (χ4v) is 2.91. The minimum atomic E-state index is -0.646. The van der Waals surface area contributed by atoms with Crippen molar-refractivity contribution < 1.29 is 4.92 Å². The van der Waals surface area contributed by atoms with Crippen LogP contribution in [-0.2, 0) is 0 Å². The van der Waals surface area contributed by atoms with Gasteiger partial charge in [-0.15, -0.1) is 10.2 Å². The number of hydrogen-bond donors (Lipinski definition) is 2. The molecule has 0 atom stereocenters. The molecule has 0 radical (unpaired) electrons. The first-order valence-corrected chi connectivity index (χ1v) is 8.71. The third kappa shape index (κ3) is 3.79. The van der Waals surface area contributed by atoms with E-state index in [1.165, 1.54) is 24.3 Å². The smallest absolute Gasteiger partial charge is 0.301 e. The quantitative estimate of drug-likeness (QED) is 0.267. The number of aromatic amines is 1. The molecule has 142 valence electrons. The summed E-state index contributed by atoms with van der Waals surface area (Å²) in [6, 6.07) is 10.3. The van der Waals surface area contributed by atoms with Gasteiger partial charge in [0.25, 0.3) is 5.69 Å². The molecule has 0 aliphatic carbocycles. The van der Waals surface area contributed by atoms with Crippen molar-refractivity contribution in [2.75, 3.05) is 0 Å². The Kier molecular flexibility index (Phi) is 5.54. The van der Waals surface area contributed by atoms with E-state index in [2.05, 4.69) is 15.3 Å². The van der Waals surface area contributed by atoms with E-state index in [-0.39, 0.29) is 37.9 Å². The fourth-order valence-electron chi connectivity index (χ4n) is 2.31. The molecule has 0 unspecified atom stereocenters. The molecule has 0 amide bonds. The van der Waals surface area contributed by atoms with Gasteiger partial charge < -0.3 is 5.73 Å². The zero-order chi connectivity index (χ0) is 20.4. The molecule has 0 aliphatic rings. The summed E-state index contributed by atoms with van der Waals surface area (Å²) in [5.41, 5.74) is 5.54. The van der Waals surface area contributed by atoms with Gasteiger partial charge in [-0.1, -0.05) is 29.3 Å². The van der Waals surface area contributed by atoms with E-state index in [0.717, 1.165) is 4.68 Å². The number of hydrogen-bond acceptors (Lipinski definition) is 6. The van der Waals surface area contributed by atoms with E-state index in [1.807, 2.05) is 0 Å². The van der Waals surface area contributed by atoms with Crippen molar-refractivity contribution in [1.82, 2.24) is 9.78 Å². The lowest BCUT2D eigenvalue weighted by molar-refractivity contribution is -0.384. The van der Waals surface area contributed by atoms with Gasteiger partial charge >= 0.3 is 5.56 Å². The summed E-state index contributed by atoms with van der Waals surface area (Å²) in [6.07, 6.45) is 0. The maximum Gasteiger partial charge on any atom is 0.301 e. The number of thiocarbonyl (C=S) groups is 1. The molecule has 3 rings (SSSR count). The van der Waals surface area contributed by atoms with E-state index in [4.69, 9.17) is 41.2 Å². The third-order valence-corrected chi connectivity index (χ3v) is 4.43. The largest absolute Gasteiger partial charge is 0.374 e. The van der Waals surface area contributed by atoms with Gasteiger partial charge in [0.05, 0.1) is 20.7 Å². The summed E-state index contributed by atoms with van der Waals surface area (Å²) in [4.78, 5) is 22.9. The van der Waals surface area contributed by atoms with Crippen LogP contribution in [0.4, 0.5) is 17.1 Å². The zero-order valence-electron chi connectivity index (χ0n) is 13.8. The number of rotatable bonds is 4. The molecule has 0 spiro atoms. The first kappa shape index (κ1) is 19.7. The highest BCUT2D eigenvalue weighted by molar-refractivity contribution is 7.80. The Labute approximate surface area is 172 Å². The van der Waals surface area contributed by atoms with Crippen LogP contribution in [0.25, 0.3) is 11.3 Å². The highest BCUT2D eigenvalue weighted by Gasteiger charge is 2.18. The molecule has 0 saturated carbocycles. The normalized spacial score (nSPS) is 11.1. The molecule has 0 bridgehead atoms. The molecule has 28 heavy (non-hydrogen) atoms. The Morgan fingerprint density at radius 1 is 1.11 bits per heavy atom. The Hall–Kier alpha value is -3.08. The van der Waals surface area contributed by atoms with Crippen molar-refractivity contribution in [2.24, 2.45) is 16.0 Å². The van der Waals surface area contributed by atoms with Crippen LogP contribution < -0.4 is 11.3 Å². The summed E-state index contributed by atoms with van der Waals surface area (Å²) in [5.74, 6) is 0. The molecular weight excluding hydrogens is 427 g/mol. The van der Waals surface area contributed by atoms with Crippen molar-refractivity contribution in [1.29, 1.82) is 0 Å². The van der Waals surface area contributed by atoms with Crippen LogP contribution in [0.15, 0.2) is 57.5 Å². The molecule has 2 aromatic carbocycles. The first-order valence-electron chi connectivity index (χ1n) is 7.55. The van der Waals surface area contributed by atoms with Crippen LogP contribution in [0.2, 0.25) is 10.0 Å². The van der Waals surface area contributed by atoms with E-state index in [1.54, 1.807) is 18.2 Å². The van der Waals surface area contributed by atoms with Crippen molar-refractivity contribution in [3.63, 3.8) is 0 Å². The molecule has 3 N–H and O–H groups in total. The van der Waals surface area contributed by atoms with E-state index in [9.17, 15) is 14.9 Å². The average molecular weight is 437 g/mol. The number of nitrogens with zero attached hydrogens (tertiary/aromatic N) is 4. The maximum atomic E-state index is 12.6. The number of benzene rings is 2. The Bertz CT molecular complexity index is 1150. The summed E-state index contributed by atoms with van der Waals surface area (Å²) < 4.78 is 0.911. The van der Waals surface area contributed by atoms with Gasteiger partial charge in [-0.2, -0.15) is 4.68 Å². The lowest BCUT2D eigenvalue weighted by Gasteiger charge is -2.01. The van der Waals surface area contributed by atoms with Gasteiger partial charge in [-0.05, 0) is 36.5 Å². The van der Waals surface area contributed by atoms with Gasteiger partial charge in [0.15, 0.2) is 10.8 Å². The standard InChI is InChI=1S/C16H10Cl2N6O3S/c17-10-2-1-3-11(18)13(10)20-21-14-12(22-23(15(14)25)16(19)28)8-4-6-9(7-5-8)24(26)27/h1-7,22H,(H2,19,28). The number of nitro groups is 1. The van der Waals surface area contributed by atoms with Gasteiger partial charge in [0.2, 0.25) is 0 Å². The highest BCUT2D eigenvalue weighted by atomic mass is 35.5. The first-order chi connectivity index (χ1) is 13.3.